The zero-order valence-electron chi connectivity index (χ0n) is 33.2. The van der Waals surface area contributed by atoms with Crippen molar-refractivity contribution in [2.45, 2.75) is 12.3 Å². The minimum atomic E-state index is -0.712. The lowest BCUT2D eigenvalue weighted by Gasteiger charge is -2.45. The van der Waals surface area contributed by atoms with Crippen molar-refractivity contribution in [3.63, 3.8) is 0 Å². The number of hydrogen-bond donors (Lipinski definition) is 0. The van der Waals surface area contributed by atoms with E-state index < -0.39 is 17.8 Å². The van der Waals surface area contributed by atoms with Crippen LogP contribution in [0.15, 0.2) is 78.9 Å². The van der Waals surface area contributed by atoms with Crippen molar-refractivity contribution in [3.05, 3.63) is 95.6 Å². The maximum absolute atomic E-state index is 15.4. The van der Waals surface area contributed by atoms with Gasteiger partial charge in [0.25, 0.3) is 0 Å². The molecule has 0 N–H and O–H groups in total. The summed E-state index contributed by atoms with van der Waals surface area (Å²) in [6, 6.07) is 25.6. The summed E-state index contributed by atoms with van der Waals surface area (Å²) < 4.78 is 34.3. The van der Waals surface area contributed by atoms with E-state index in [1.54, 1.807) is 42.7 Å². The highest BCUT2D eigenvalue weighted by atomic mass is 16.5. The van der Waals surface area contributed by atoms with E-state index in [9.17, 15) is 0 Å². The zero-order chi connectivity index (χ0) is 39.3. The molecule has 56 heavy (non-hydrogen) atoms. The van der Waals surface area contributed by atoms with E-state index in [-0.39, 0.29) is 11.8 Å². The summed E-state index contributed by atoms with van der Waals surface area (Å²) in [5.41, 5.74) is 4.71. The van der Waals surface area contributed by atoms with Crippen molar-refractivity contribution in [2.24, 2.45) is 11.8 Å². The standard InChI is InChI=1S/C44H52N4O8/c1-51-35-13-9-7-11-33(35)45-17-21-47(22-18-45)43(49)32-25-30-27-39(55-5)40(56-6)28-31(30)41(29-15-16-37(53-3)38(26-29)54-4)42(32)44(50)48-23-19-46(20-24-48)34-12-8-10-14-36(34)52-2/h7-16,26-28,32,41-42H,17-25H2,1-6H3. The Morgan fingerprint density at radius 2 is 0.964 bits per heavy atom. The highest BCUT2D eigenvalue weighted by Gasteiger charge is 2.49. The minimum Gasteiger partial charge on any atom is -0.495 e. The predicted octanol–water partition coefficient (Wildman–Crippen LogP) is 5.36. The van der Waals surface area contributed by atoms with Crippen LogP contribution in [0.5, 0.6) is 34.5 Å². The molecule has 0 saturated carbocycles. The number of rotatable bonds is 11. The van der Waals surface area contributed by atoms with Gasteiger partial charge in [0.05, 0.1) is 65.9 Å². The molecular formula is C44H52N4O8. The summed E-state index contributed by atoms with van der Waals surface area (Å²) in [7, 11) is 9.77. The van der Waals surface area contributed by atoms with Crippen LogP contribution < -0.4 is 38.2 Å². The van der Waals surface area contributed by atoms with Gasteiger partial charge in [-0.05, 0) is 71.6 Å². The Morgan fingerprint density at radius 1 is 0.500 bits per heavy atom. The molecule has 2 aliphatic heterocycles. The van der Waals surface area contributed by atoms with E-state index in [1.165, 1.54) is 0 Å². The van der Waals surface area contributed by atoms with Gasteiger partial charge < -0.3 is 48.0 Å². The Kier molecular flexibility index (Phi) is 11.6. The Balaban J connectivity index is 1.27. The lowest BCUT2D eigenvalue weighted by molar-refractivity contribution is -0.148. The van der Waals surface area contributed by atoms with E-state index in [4.69, 9.17) is 28.4 Å². The highest BCUT2D eigenvalue weighted by Crippen LogP contribution is 2.50. The number of carbonyl (C=O) groups is 2. The monoisotopic (exact) mass is 764 g/mol. The molecule has 0 spiro atoms. The van der Waals surface area contributed by atoms with Crippen molar-refractivity contribution in [1.29, 1.82) is 0 Å². The normalized spacial score (nSPS) is 19.5. The number of carbonyl (C=O) groups excluding carboxylic acids is 2. The van der Waals surface area contributed by atoms with Gasteiger partial charge in [0.2, 0.25) is 11.8 Å². The van der Waals surface area contributed by atoms with E-state index in [0.717, 1.165) is 39.6 Å². The molecular weight excluding hydrogens is 713 g/mol. The summed E-state index contributed by atoms with van der Waals surface area (Å²) in [5, 5.41) is 0. The zero-order valence-corrected chi connectivity index (χ0v) is 33.2. The van der Waals surface area contributed by atoms with Crippen LogP contribution in [0.2, 0.25) is 0 Å². The van der Waals surface area contributed by atoms with Crippen molar-refractivity contribution in [3.8, 4) is 34.5 Å². The summed E-state index contributed by atoms with van der Waals surface area (Å²) in [6.07, 6.45) is 0.378. The van der Waals surface area contributed by atoms with Gasteiger partial charge in [-0.25, -0.2) is 0 Å². The van der Waals surface area contributed by atoms with Gasteiger partial charge in [0.15, 0.2) is 23.0 Å². The fourth-order valence-electron chi connectivity index (χ4n) is 8.74. The van der Waals surface area contributed by atoms with E-state index in [1.807, 2.05) is 88.7 Å². The molecule has 0 aromatic heterocycles. The molecule has 0 radical (unpaired) electrons. The average Bonchev–Trinajstić information content (AvgIpc) is 3.27. The first-order valence-electron chi connectivity index (χ1n) is 19.1. The van der Waals surface area contributed by atoms with Crippen LogP contribution in [0.25, 0.3) is 0 Å². The number of fused-ring (bicyclic) bond motifs is 1. The van der Waals surface area contributed by atoms with Crippen molar-refractivity contribution < 1.29 is 38.0 Å². The van der Waals surface area contributed by atoms with Crippen LogP contribution in [-0.4, -0.2) is 117 Å². The molecule has 3 unspecified atom stereocenters. The molecule has 1 aliphatic carbocycles. The Morgan fingerprint density at radius 3 is 1.48 bits per heavy atom. The maximum Gasteiger partial charge on any atom is 0.227 e. The van der Waals surface area contributed by atoms with Gasteiger partial charge in [0.1, 0.15) is 11.5 Å². The van der Waals surface area contributed by atoms with Crippen LogP contribution in [0.4, 0.5) is 11.4 Å². The number of piperazine rings is 2. The third kappa shape index (κ3) is 7.32. The molecule has 12 nitrogen and oxygen atoms in total. The van der Waals surface area contributed by atoms with Crippen LogP contribution in [0.1, 0.15) is 22.6 Å². The van der Waals surface area contributed by atoms with Gasteiger partial charge in [-0.1, -0.05) is 30.3 Å². The lowest BCUT2D eigenvalue weighted by atomic mass is 9.65. The summed E-state index contributed by atoms with van der Waals surface area (Å²) >= 11 is 0. The quantitative estimate of drug-likeness (QED) is 0.199. The number of methoxy groups -OCH3 is 6. The van der Waals surface area contributed by atoms with Gasteiger partial charge in [-0.15, -0.1) is 0 Å². The van der Waals surface area contributed by atoms with E-state index in [0.29, 0.717) is 81.8 Å². The van der Waals surface area contributed by atoms with Crippen molar-refractivity contribution in [2.75, 3.05) is 105 Å². The lowest BCUT2D eigenvalue weighted by Crippen LogP contribution is -2.56. The molecule has 7 rings (SSSR count). The second kappa shape index (κ2) is 16.9. The van der Waals surface area contributed by atoms with Crippen LogP contribution >= 0.6 is 0 Å². The Bertz CT molecular complexity index is 2020. The number of hydrogen-bond acceptors (Lipinski definition) is 10. The number of benzene rings is 4. The summed E-state index contributed by atoms with van der Waals surface area (Å²) in [5.74, 6) is 1.93. The molecule has 0 bridgehead atoms. The van der Waals surface area contributed by atoms with Crippen molar-refractivity contribution >= 4 is 23.2 Å². The fourth-order valence-corrected chi connectivity index (χ4v) is 8.74. The van der Waals surface area contributed by atoms with Crippen LogP contribution in [-0.2, 0) is 16.0 Å². The second-order valence-corrected chi connectivity index (χ2v) is 14.3. The SMILES string of the molecule is COc1ccc(C2c3cc(OC)c(OC)cc3CC(C(=O)N3CCN(c4ccccc4OC)CC3)C2C(=O)N2CCN(c3ccccc3OC)CC2)cc1OC. The first kappa shape index (κ1) is 38.5. The fraction of sp³-hybridized carbons (Fsp3) is 0.409. The number of nitrogens with zero attached hydrogens (tertiary/aromatic N) is 4. The number of amides is 2. The Labute approximate surface area is 329 Å². The van der Waals surface area contributed by atoms with Crippen LogP contribution in [0.3, 0.4) is 0 Å². The molecule has 296 valence electrons. The molecule has 4 aromatic carbocycles. The largest absolute Gasteiger partial charge is 0.495 e. The Hall–Kier alpha value is -5.78. The van der Waals surface area contributed by atoms with Crippen LogP contribution in [0, 0.1) is 11.8 Å². The van der Waals surface area contributed by atoms with Gasteiger partial charge in [-0.2, -0.15) is 0 Å². The average molecular weight is 765 g/mol. The van der Waals surface area contributed by atoms with Gasteiger partial charge in [-0.3, -0.25) is 9.59 Å². The molecule has 3 atom stereocenters. The first-order valence-corrected chi connectivity index (χ1v) is 19.1. The second-order valence-electron chi connectivity index (χ2n) is 14.3. The molecule has 2 heterocycles. The van der Waals surface area contributed by atoms with Crippen molar-refractivity contribution in [1.82, 2.24) is 9.80 Å². The maximum atomic E-state index is 15.4. The topological polar surface area (TPSA) is 102 Å². The minimum absolute atomic E-state index is 0.0263. The summed E-state index contributed by atoms with van der Waals surface area (Å²) in [4.78, 5) is 38.8. The number of ether oxygens (including phenoxy) is 6. The van der Waals surface area contributed by atoms with E-state index >= 15 is 9.59 Å². The highest BCUT2D eigenvalue weighted by molar-refractivity contribution is 5.90. The number of anilines is 2. The smallest absolute Gasteiger partial charge is 0.227 e. The first-order chi connectivity index (χ1) is 27.3. The molecule has 2 saturated heterocycles. The van der Waals surface area contributed by atoms with Gasteiger partial charge in [0, 0.05) is 58.3 Å². The molecule has 2 fully saturated rings. The molecule has 12 heteroatoms. The molecule has 3 aliphatic rings. The molecule has 4 aromatic rings. The third-order valence-corrected chi connectivity index (χ3v) is 11.6. The third-order valence-electron chi connectivity index (χ3n) is 11.6. The van der Waals surface area contributed by atoms with Gasteiger partial charge >= 0.3 is 0 Å². The van der Waals surface area contributed by atoms with E-state index in [2.05, 4.69) is 9.80 Å². The predicted molar refractivity (Wildman–Crippen MR) is 215 cm³/mol. The molecule has 2 amide bonds. The number of para-hydroxylation sites is 4. The summed E-state index contributed by atoms with van der Waals surface area (Å²) in [6.45, 7) is 4.59.